The molecule has 1 aliphatic rings. The Morgan fingerprint density at radius 2 is 1.92 bits per heavy atom. The van der Waals surface area contributed by atoms with Gasteiger partial charge in [-0.2, -0.15) is 0 Å². The number of fused-ring (bicyclic) bond motifs is 1. The Labute approximate surface area is 230 Å². The number of esters is 1. The van der Waals surface area contributed by atoms with E-state index in [2.05, 4.69) is 4.99 Å². The molecule has 4 aromatic rings. The van der Waals surface area contributed by atoms with E-state index in [-0.39, 0.29) is 17.7 Å². The second kappa shape index (κ2) is 10.8. The summed E-state index contributed by atoms with van der Waals surface area (Å²) in [5, 5.41) is 1.78. The number of rotatable bonds is 6. The molecule has 0 spiro atoms. The minimum absolute atomic E-state index is 0.199. The second-order valence-electron chi connectivity index (χ2n) is 8.04. The Morgan fingerprint density at radius 3 is 2.65 bits per heavy atom. The van der Waals surface area contributed by atoms with Crippen LogP contribution in [0.3, 0.4) is 0 Å². The predicted octanol–water partition coefficient (Wildman–Crippen LogP) is 5.85. The molecule has 6 nitrogen and oxygen atoms in total. The minimum Gasteiger partial charge on any atom is -0.463 e. The van der Waals surface area contributed by atoms with E-state index in [0.29, 0.717) is 41.5 Å². The largest absolute Gasteiger partial charge is 0.463 e. The Kier molecular flexibility index (Phi) is 7.44. The maximum absolute atomic E-state index is 13.7. The first-order chi connectivity index (χ1) is 17.9. The van der Waals surface area contributed by atoms with Crippen LogP contribution in [0.5, 0.6) is 0 Å². The molecule has 5 rings (SSSR count). The van der Waals surface area contributed by atoms with Crippen molar-refractivity contribution in [3.05, 3.63) is 113 Å². The topological polar surface area (TPSA) is 73.8 Å². The summed E-state index contributed by atoms with van der Waals surface area (Å²) in [5.74, 6) is -0.00444. The highest BCUT2D eigenvalue weighted by molar-refractivity contribution is 7.99. The number of ether oxygens (including phenoxy) is 1. The number of thiazole rings is 1. The van der Waals surface area contributed by atoms with Crippen LogP contribution in [-0.4, -0.2) is 17.1 Å². The van der Waals surface area contributed by atoms with Gasteiger partial charge in [-0.05, 0) is 61.9 Å². The van der Waals surface area contributed by atoms with Crippen LogP contribution in [0, 0.1) is 0 Å². The number of allylic oxidation sites excluding steroid dienone is 1. The smallest absolute Gasteiger partial charge is 0.338 e. The molecule has 0 unspecified atom stereocenters. The van der Waals surface area contributed by atoms with Crippen LogP contribution in [0.15, 0.2) is 96.1 Å². The van der Waals surface area contributed by atoms with Gasteiger partial charge < -0.3 is 9.15 Å². The zero-order valence-corrected chi connectivity index (χ0v) is 22.9. The fourth-order valence-corrected chi connectivity index (χ4v) is 6.17. The van der Waals surface area contributed by atoms with E-state index in [0.717, 1.165) is 4.90 Å². The van der Waals surface area contributed by atoms with Crippen molar-refractivity contribution in [2.75, 3.05) is 6.61 Å². The lowest BCUT2D eigenvalue weighted by Crippen LogP contribution is -2.40. The molecule has 2 aromatic heterocycles. The lowest BCUT2D eigenvalue weighted by Gasteiger charge is -2.25. The summed E-state index contributed by atoms with van der Waals surface area (Å²) in [6, 6.07) is 17.5. The van der Waals surface area contributed by atoms with Crippen molar-refractivity contribution in [3.63, 3.8) is 0 Å². The summed E-state index contributed by atoms with van der Waals surface area (Å²) in [6.45, 7) is 3.67. The Balaban J connectivity index is 1.58. The van der Waals surface area contributed by atoms with Gasteiger partial charge in [-0.3, -0.25) is 9.36 Å². The van der Waals surface area contributed by atoms with Crippen LogP contribution in [0.2, 0.25) is 10.0 Å². The quantitative estimate of drug-likeness (QED) is 0.272. The van der Waals surface area contributed by atoms with Gasteiger partial charge >= 0.3 is 5.97 Å². The molecule has 3 heterocycles. The standard InChI is InChI=1S/C27H20Cl2N2O4S2/c1-3-34-26(33)23-15(2)30-27-31(24(23)19-6-4-5-7-20(19)29)25(32)21(37-27)14-17-10-13-22(35-17)36-18-11-8-16(28)9-12-18/h4-14,24H,3H2,1-2H3/b21-14+/t24-/m1/s1. The van der Waals surface area contributed by atoms with Gasteiger partial charge in [0.05, 0.1) is 22.4 Å². The van der Waals surface area contributed by atoms with Crippen molar-refractivity contribution in [2.24, 2.45) is 4.99 Å². The average molecular weight is 572 g/mol. The third-order valence-corrected chi connectivity index (χ3v) is 8.13. The molecule has 0 fully saturated rings. The van der Waals surface area contributed by atoms with E-state index in [9.17, 15) is 9.59 Å². The third-order valence-electron chi connectivity index (χ3n) is 5.62. The first kappa shape index (κ1) is 25.6. The Bertz CT molecular complexity index is 1700. The van der Waals surface area contributed by atoms with Gasteiger partial charge in [0.25, 0.3) is 5.56 Å². The predicted molar refractivity (Wildman–Crippen MR) is 146 cm³/mol. The summed E-state index contributed by atoms with van der Waals surface area (Å²) in [6.07, 6.45) is 1.68. The van der Waals surface area contributed by atoms with E-state index >= 15 is 0 Å². The highest BCUT2D eigenvalue weighted by Crippen LogP contribution is 2.34. The number of carbonyl (C=O) groups excluding carboxylic acids is 1. The molecule has 0 saturated heterocycles. The normalized spacial score (nSPS) is 15.5. The number of benzene rings is 2. The summed E-state index contributed by atoms with van der Waals surface area (Å²) in [4.78, 5) is 32.7. The highest BCUT2D eigenvalue weighted by Gasteiger charge is 2.34. The van der Waals surface area contributed by atoms with E-state index in [4.69, 9.17) is 32.4 Å². The third kappa shape index (κ3) is 5.20. The molecule has 2 aromatic carbocycles. The zero-order valence-electron chi connectivity index (χ0n) is 19.7. The maximum Gasteiger partial charge on any atom is 0.338 e. The minimum atomic E-state index is -0.765. The summed E-state index contributed by atoms with van der Waals surface area (Å²) >= 11 is 15.2. The van der Waals surface area contributed by atoms with Gasteiger partial charge in [0.15, 0.2) is 9.89 Å². The lowest BCUT2D eigenvalue weighted by atomic mass is 9.96. The number of carbonyl (C=O) groups is 1. The van der Waals surface area contributed by atoms with Crippen LogP contribution in [-0.2, 0) is 9.53 Å². The van der Waals surface area contributed by atoms with Crippen molar-refractivity contribution in [1.82, 2.24) is 4.57 Å². The first-order valence-electron chi connectivity index (χ1n) is 11.3. The number of aromatic nitrogens is 1. The molecule has 0 radical (unpaired) electrons. The van der Waals surface area contributed by atoms with Gasteiger partial charge in [0.1, 0.15) is 11.8 Å². The molecule has 0 aliphatic carbocycles. The summed E-state index contributed by atoms with van der Waals surface area (Å²) in [7, 11) is 0. The lowest BCUT2D eigenvalue weighted by molar-refractivity contribution is -0.139. The van der Waals surface area contributed by atoms with Crippen molar-refractivity contribution < 1.29 is 13.9 Å². The second-order valence-corrected chi connectivity index (χ2v) is 11.0. The van der Waals surface area contributed by atoms with Crippen LogP contribution in [0.1, 0.15) is 31.2 Å². The summed E-state index contributed by atoms with van der Waals surface area (Å²) < 4.78 is 13.2. The van der Waals surface area contributed by atoms with Crippen LogP contribution >= 0.6 is 46.3 Å². The van der Waals surface area contributed by atoms with Gasteiger partial charge in [-0.1, -0.05) is 64.5 Å². The van der Waals surface area contributed by atoms with Gasteiger partial charge in [-0.25, -0.2) is 9.79 Å². The van der Waals surface area contributed by atoms with Crippen molar-refractivity contribution in [1.29, 1.82) is 0 Å². The SMILES string of the molecule is CCOC(=O)C1=C(C)N=c2s/c(=C/c3ccc(Sc4ccc(Cl)cc4)o3)c(=O)n2[C@@H]1c1ccccc1Cl. The molecule has 0 bridgehead atoms. The van der Waals surface area contributed by atoms with Crippen LogP contribution < -0.4 is 14.9 Å². The molecule has 0 amide bonds. The maximum atomic E-state index is 13.7. The van der Waals surface area contributed by atoms with Crippen LogP contribution in [0.4, 0.5) is 0 Å². The number of nitrogens with zero attached hydrogens (tertiary/aromatic N) is 2. The van der Waals surface area contributed by atoms with Crippen LogP contribution in [0.25, 0.3) is 6.08 Å². The monoisotopic (exact) mass is 570 g/mol. The molecule has 10 heteroatoms. The van der Waals surface area contributed by atoms with Crippen molar-refractivity contribution >= 4 is 58.3 Å². The average Bonchev–Trinajstić information content (AvgIpc) is 3.43. The fraction of sp³-hybridized carbons (Fsp3) is 0.148. The summed E-state index contributed by atoms with van der Waals surface area (Å²) in [5.41, 5.74) is 1.09. The molecule has 1 aliphatic heterocycles. The fourth-order valence-electron chi connectivity index (χ4n) is 4.00. The molecule has 1 atom stereocenters. The van der Waals surface area contributed by atoms with E-state index in [1.807, 2.05) is 36.4 Å². The number of furan rings is 1. The molecule has 188 valence electrons. The number of halogens is 2. The van der Waals surface area contributed by atoms with Gasteiger partial charge in [0, 0.05) is 21.0 Å². The molecule has 0 saturated carbocycles. The van der Waals surface area contributed by atoms with E-state index < -0.39 is 12.0 Å². The van der Waals surface area contributed by atoms with Gasteiger partial charge in [0.2, 0.25) is 0 Å². The number of hydrogen-bond acceptors (Lipinski definition) is 7. The molecule has 37 heavy (non-hydrogen) atoms. The molecular weight excluding hydrogens is 551 g/mol. The Morgan fingerprint density at radius 1 is 1.16 bits per heavy atom. The zero-order chi connectivity index (χ0) is 26.1. The molecular formula is C27H20Cl2N2O4S2. The van der Waals surface area contributed by atoms with Gasteiger partial charge in [-0.15, -0.1) is 0 Å². The molecule has 0 N–H and O–H groups in total. The van der Waals surface area contributed by atoms with Crippen molar-refractivity contribution in [2.45, 2.75) is 29.9 Å². The number of hydrogen-bond donors (Lipinski definition) is 0. The van der Waals surface area contributed by atoms with E-state index in [1.54, 1.807) is 44.2 Å². The van der Waals surface area contributed by atoms with E-state index in [1.165, 1.54) is 27.7 Å². The highest BCUT2D eigenvalue weighted by atomic mass is 35.5. The Hall–Kier alpha value is -3.04. The first-order valence-corrected chi connectivity index (χ1v) is 13.7. The van der Waals surface area contributed by atoms with Crippen molar-refractivity contribution in [3.8, 4) is 0 Å².